The van der Waals surface area contributed by atoms with Gasteiger partial charge in [0.15, 0.2) is 23.1 Å². The minimum atomic E-state index is 0.309. The van der Waals surface area contributed by atoms with E-state index in [0.29, 0.717) is 18.3 Å². The summed E-state index contributed by atoms with van der Waals surface area (Å²) in [6.07, 6.45) is 1.60. The molecule has 3 N–H and O–H groups in total. The van der Waals surface area contributed by atoms with Crippen LogP contribution in [0.25, 0.3) is 0 Å². The van der Waals surface area contributed by atoms with Gasteiger partial charge in [0.05, 0.1) is 0 Å². The first-order chi connectivity index (χ1) is 15.2. The van der Waals surface area contributed by atoms with Gasteiger partial charge in [-0.1, -0.05) is 6.07 Å². The van der Waals surface area contributed by atoms with Crippen LogP contribution in [0.1, 0.15) is 5.56 Å². The van der Waals surface area contributed by atoms with Crippen molar-refractivity contribution >= 4 is 17.3 Å². The van der Waals surface area contributed by atoms with Gasteiger partial charge in [0.1, 0.15) is 12.0 Å². The van der Waals surface area contributed by atoms with Gasteiger partial charge in [-0.05, 0) is 24.7 Å². The van der Waals surface area contributed by atoms with Crippen molar-refractivity contribution < 1.29 is 9.47 Å². The summed E-state index contributed by atoms with van der Waals surface area (Å²) < 4.78 is 10.9. The summed E-state index contributed by atoms with van der Waals surface area (Å²) in [4.78, 5) is 15.9. The number of rotatable bonds is 5. The molecule has 0 saturated carbocycles. The molecule has 0 spiro atoms. The molecule has 166 valence electrons. The number of hydrogen-bond acceptors (Lipinski definition) is 10. The zero-order valence-corrected chi connectivity index (χ0v) is 18.0. The summed E-state index contributed by atoms with van der Waals surface area (Å²) in [7, 11) is 2.14. The Morgan fingerprint density at radius 3 is 2.55 bits per heavy atom. The predicted molar refractivity (Wildman–Crippen MR) is 119 cm³/mol. The molecule has 3 aliphatic rings. The van der Waals surface area contributed by atoms with E-state index in [-0.39, 0.29) is 0 Å². The van der Waals surface area contributed by atoms with Gasteiger partial charge in [-0.3, -0.25) is 4.90 Å². The average Bonchev–Trinajstić information content (AvgIpc) is 3.25. The number of nitrogens with zero attached hydrogens (tertiary/aromatic N) is 6. The minimum absolute atomic E-state index is 0.309. The zero-order valence-electron chi connectivity index (χ0n) is 18.0. The molecule has 4 heterocycles. The maximum atomic E-state index is 6.46. The van der Waals surface area contributed by atoms with E-state index in [9.17, 15) is 0 Å². The van der Waals surface area contributed by atoms with Gasteiger partial charge in [0.25, 0.3) is 0 Å². The summed E-state index contributed by atoms with van der Waals surface area (Å²) in [5, 5.41) is 2.17. The maximum absolute atomic E-state index is 6.46. The highest BCUT2D eigenvalue weighted by Crippen LogP contribution is 2.33. The molecule has 10 heteroatoms. The standard InChI is InChI=1S/C21H30N8O2/c1-26-4-10-29(11-5-26)25-20-19(22)21(24-14-23-20)28-8-6-27(7-9-28)13-16-2-3-17-18(12-16)31-15-30-17/h2-3,12,14H,4-11,13,15,22H2,1H3,(H,23,24,25). The quantitative estimate of drug-likeness (QED) is 0.711. The Labute approximate surface area is 182 Å². The molecular formula is C21H30N8O2. The van der Waals surface area contributed by atoms with Crippen molar-refractivity contribution in [1.29, 1.82) is 0 Å². The Bertz CT molecular complexity index is 910. The summed E-state index contributed by atoms with van der Waals surface area (Å²) >= 11 is 0. The van der Waals surface area contributed by atoms with Gasteiger partial charge in [0.2, 0.25) is 6.79 Å². The fraction of sp³-hybridized carbons (Fsp3) is 0.524. The van der Waals surface area contributed by atoms with Crippen LogP contribution in [0.5, 0.6) is 11.5 Å². The van der Waals surface area contributed by atoms with Gasteiger partial charge in [-0.2, -0.15) is 0 Å². The molecule has 10 nitrogen and oxygen atoms in total. The molecule has 2 aromatic rings. The lowest BCUT2D eigenvalue weighted by Crippen LogP contribution is -2.47. The van der Waals surface area contributed by atoms with Crippen LogP contribution in [-0.2, 0) is 6.54 Å². The van der Waals surface area contributed by atoms with E-state index < -0.39 is 0 Å². The van der Waals surface area contributed by atoms with Gasteiger partial charge in [0, 0.05) is 58.9 Å². The second kappa shape index (κ2) is 8.74. The summed E-state index contributed by atoms with van der Waals surface area (Å²) in [5.41, 5.74) is 11.7. The molecule has 0 aliphatic carbocycles. The Morgan fingerprint density at radius 1 is 0.968 bits per heavy atom. The Hall–Kier alpha value is -2.82. The van der Waals surface area contributed by atoms with Gasteiger partial charge < -0.3 is 30.4 Å². The number of nitrogen functional groups attached to an aromatic ring is 1. The van der Waals surface area contributed by atoms with E-state index >= 15 is 0 Å². The predicted octanol–water partition coefficient (Wildman–Crippen LogP) is 0.684. The maximum Gasteiger partial charge on any atom is 0.231 e. The molecule has 5 rings (SSSR count). The van der Waals surface area contributed by atoms with E-state index in [4.69, 9.17) is 15.2 Å². The number of fused-ring (bicyclic) bond motifs is 1. The smallest absolute Gasteiger partial charge is 0.231 e. The highest BCUT2D eigenvalue weighted by atomic mass is 16.7. The third kappa shape index (κ3) is 4.46. The fourth-order valence-corrected chi connectivity index (χ4v) is 4.21. The molecule has 2 fully saturated rings. The van der Waals surface area contributed by atoms with Crippen molar-refractivity contribution in [2.24, 2.45) is 0 Å². The molecule has 31 heavy (non-hydrogen) atoms. The normalized spacial score (nSPS) is 20.2. The second-order valence-corrected chi connectivity index (χ2v) is 8.31. The number of piperazine rings is 2. The number of nitrogens with one attached hydrogen (secondary N) is 1. The minimum Gasteiger partial charge on any atom is -0.454 e. The van der Waals surface area contributed by atoms with E-state index in [1.807, 2.05) is 6.07 Å². The van der Waals surface area contributed by atoms with Crippen LogP contribution >= 0.6 is 0 Å². The van der Waals surface area contributed by atoms with Crippen molar-refractivity contribution in [3.05, 3.63) is 30.1 Å². The number of hydrazine groups is 1. The number of benzene rings is 1. The van der Waals surface area contributed by atoms with Crippen molar-refractivity contribution in [2.75, 3.05) is 82.3 Å². The number of aromatic nitrogens is 2. The number of hydrogen-bond donors (Lipinski definition) is 2. The first-order valence-corrected chi connectivity index (χ1v) is 10.8. The number of nitrogens with two attached hydrogens (primary N) is 1. The summed E-state index contributed by atoms with van der Waals surface area (Å²) in [5.74, 6) is 3.17. The Balaban J connectivity index is 1.18. The van der Waals surface area contributed by atoms with Crippen LogP contribution in [0.2, 0.25) is 0 Å². The van der Waals surface area contributed by atoms with Gasteiger partial charge in [-0.25, -0.2) is 15.0 Å². The Morgan fingerprint density at radius 2 is 1.74 bits per heavy atom. The van der Waals surface area contributed by atoms with E-state index in [0.717, 1.165) is 76.2 Å². The molecule has 1 aromatic carbocycles. The molecule has 1 aromatic heterocycles. The summed E-state index contributed by atoms with van der Waals surface area (Å²) in [6.45, 7) is 8.76. The first kappa shape index (κ1) is 20.1. The topological polar surface area (TPSA) is 95.2 Å². The molecular weight excluding hydrogens is 396 g/mol. The number of anilines is 3. The van der Waals surface area contributed by atoms with E-state index in [2.05, 4.69) is 54.3 Å². The molecule has 2 saturated heterocycles. The zero-order chi connectivity index (χ0) is 21.2. The highest BCUT2D eigenvalue weighted by Gasteiger charge is 2.23. The van der Waals surface area contributed by atoms with Crippen molar-refractivity contribution in [2.45, 2.75) is 6.54 Å². The monoisotopic (exact) mass is 426 g/mol. The fourth-order valence-electron chi connectivity index (χ4n) is 4.21. The first-order valence-electron chi connectivity index (χ1n) is 10.8. The molecule has 0 unspecified atom stereocenters. The Kier molecular flexibility index (Phi) is 5.66. The molecule has 0 atom stereocenters. The van der Waals surface area contributed by atoms with Crippen LogP contribution in [0, 0.1) is 0 Å². The van der Waals surface area contributed by atoms with Crippen LogP contribution in [-0.4, -0.2) is 91.0 Å². The molecule has 3 aliphatic heterocycles. The van der Waals surface area contributed by atoms with Crippen molar-refractivity contribution in [1.82, 2.24) is 24.8 Å². The molecule has 0 amide bonds. The SMILES string of the molecule is CN1CCN(Nc2ncnc(N3CCN(Cc4ccc5c(c4)OCO5)CC3)c2N)CC1. The lowest BCUT2D eigenvalue weighted by molar-refractivity contribution is 0.174. The molecule has 0 radical (unpaired) electrons. The second-order valence-electron chi connectivity index (χ2n) is 8.31. The van der Waals surface area contributed by atoms with Crippen LogP contribution < -0.4 is 25.5 Å². The van der Waals surface area contributed by atoms with E-state index in [1.54, 1.807) is 6.33 Å². The van der Waals surface area contributed by atoms with Crippen molar-refractivity contribution in [3.63, 3.8) is 0 Å². The van der Waals surface area contributed by atoms with Crippen LogP contribution in [0.3, 0.4) is 0 Å². The average molecular weight is 427 g/mol. The van der Waals surface area contributed by atoms with Crippen molar-refractivity contribution in [3.8, 4) is 11.5 Å². The van der Waals surface area contributed by atoms with Gasteiger partial charge in [-0.15, -0.1) is 0 Å². The third-order valence-electron chi connectivity index (χ3n) is 6.15. The summed E-state index contributed by atoms with van der Waals surface area (Å²) in [6, 6.07) is 6.18. The van der Waals surface area contributed by atoms with E-state index in [1.165, 1.54) is 5.56 Å². The van der Waals surface area contributed by atoms with Gasteiger partial charge >= 0.3 is 0 Å². The number of ether oxygens (including phenoxy) is 2. The number of likely N-dealkylation sites (N-methyl/N-ethyl adjacent to an activating group) is 1. The van der Waals surface area contributed by atoms with Crippen LogP contribution in [0.4, 0.5) is 17.3 Å². The lowest BCUT2D eigenvalue weighted by Gasteiger charge is -2.36. The largest absolute Gasteiger partial charge is 0.454 e. The molecule has 0 bridgehead atoms. The van der Waals surface area contributed by atoms with Crippen LogP contribution in [0.15, 0.2) is 24.5 Å². The third-order valence-corrected chi connectivity index (χ3v) is 6.15. The lowest BCUT2D eigenvalue weighted by atomic mass is 10.1. The highest BCUT2D eigenvalue weighted by molar-refractivity contribution is 5.74.